The van der Waals surface area contributed by atoms with E-state index in [2.05, 4.69) is 0 Å². The Labute approximate surface area is 131 Å². The largest absolute Gasteiger partial charge is 0.372 e. The van der Waals surface area contributed by atoms with Crippen LogP contribution in [0, 0.1) is 5.82 Å². The molecule has 1 aromatic heterocycles. The van der Waals surface area contributed by atoms with Gasteiger partial charge < -0.3 is 9.64 Å². The summed E-state index contributed by atoms with van der Waals surface area (Å²) in [7, 11) is 0. The molecule has 3 rings (SSSR count). The highest BCUT2D eigenvalue weighted by atomic mass is 35.5. The van der Waals surface area contributed by atoms with E-state index in [0.29, 0.717) is 27.7 Å². The van der Waals surface area contributed by atoms with E-state index < -0.39 is 0 Å². The molecule has 21 heavy (non-hydrogen) atoms. The molecule has 2 heterocycles. The van der Waals surface area contributed by atoms with Crippen molar-refractivity contribution >= 4 is 38.9 Å². The summed E-state index contributed by atoms with van der Waals surface area (Å²) in [5.74, 6) is -0.434. The molecule has 1 amide bonds. The van der Waals surface area contributed by atoms with E-state index >= 15 is 0 Å². The highest BCUT2D eigenvalue weighted by Gasteiger charge is 2.29. The van der Waals surface area contributed by atoms with Gasteiger partial charge in [-0.05, 0) is 32.0 Å². The molecule has 1 saturated heterocycles. The number of carbonyl (C=O) groups is 1. The number of thiophene rings is 1. The summed E-state index contributed by atoms with van der Waals surface area (Å²) in [6.07, 6.45) is 0.00611. The molecular weight excluding hydrogens is 313 g/mol. The van der Waals surface area contributed by atoms with Crippen molar-refractivity contribution in [2.24, 2.45) is 0 Å². The summed E-state index contributed by atoms with van der Waals surface area (Å²) in [6.45, 7) is 4.97. The molecule has 0 radical (unpaired) electrons. The Morgan fingerprint density at radius 2 is 2.05 bits per heavy atom. The van der Waals surface area contributed by atoms with Gasteiger partial charge in [0.15, 0.2) is 0 Å². The van der Waals surface area contributed by atoms with Crippen molar-refractivity contribution in [2.45, 2.75) is 26.1 Å². The second-order valence-electron chi connectivity index (χ2n) is 5.35. The fourth-order valence-electron chi connectivity index (χ4n) is 2.66. The van der Waals surface area contributed by atoms with E-state index in [9.17, 15) is 9.18 Å². The monoisotopic (exact) mass is 327 g/mol. The van der Waals surface area contributed by atoms with Crippen LogP contribution in [0.4, 0.5) is 4.39 Å². The summed E-state index contributed by atoms with van der Waals surface area (Å²) >= 11 is 7.54. The number of rotatable bonds is 1. The SMILES string of the molecule is C[C@@H]1CN(C(=O)c2sc3cc(F)ccc3c2Cl)C[C@@H](C)O1. The molecule has 1 fully saturated rings. The fourth-order valence-corrected chi connectivity index (χ4v) is 4.17. The Morgan fingerprint density at radius 1 is 1.38 bits per heavy atom. The number of hydrogen-bond donors (Lipinski definition) is 0. The molecule has 0 N–H and O–H groups in total. The number of ether oxygens (including phenoxy) is 1. The maximum Gasteiger partial charge on any atom is 0.265 e. The minimum atomic E-state index is -0.326. The molecule has 2 aromatic rings. The Bertz CT molecular complexity index is 692. The molecular formula is C15H15ClFNO2S. The van der Waals surface area contributed by atoms with Gasteiger partial charge in [-0.1, -0.05) is 11.6 Å². The van der Waals surface area contributed by atoms with Gasteiger partial charge >= 0.3 is 0 Å². The third-order valence-corrected chi connectivity index (χ3v) is 5.14. The molecule has 1 aromatic carbocycles. The van der Waals surface area contributed by atoms with Crippen molar-refractivity contribution in [1.29, 1.82) is 0 Å². The Morgan fingerprint density at radius 3 is 2.71 bits per heavy atom. The normalized spacial score (nSPS) is 22.8. The van der Waals surface area contributed by atoms with Gasteiger partial charge in [-0.3, -0.25) is 4.79 Å². The van der Waals surface area contributed by atoms with E-state index in [1.807, 2.05) is 13.8 Å². The summed E-state index contributed by atoms with van der Waals surface area (Å²) in [4.78, 5) is 14.9. The van der Waals surface area contributed by atoms with E-state index in [0.717, 1.165) is 5.39 Å². The summed E-state index contributed by atoms with van der Waals surface area (Å²) < 4.78 is 19.6. The zero-order valence-corrected chi connectivity index (χ0v) is 13.3. The average molecular weight is 328 g/mol. The predicted molar refractivity (Wildman–Crippen MR) is 82.7 cm³/mol. The summed E-state index contributed by atoms with van der Waals surface area (Å²) in [6, 6.07) is 4.38. The van der Waals surface area contributed by atoms with Crippen molar-refractivity contribution in [3.05, 3.63) is 33.9 Å². The van der Waals surface area contributed by atoms with Crippen LogP contribution in [0.2, 0.25) is 5.02 Å². The molecule has 0 aliphatic carbocycles. The van der Waals surface area contributed by atoms with Gasteiger partial charge in [0.1, 0.15) is 10.7 Å². The lowest BCUT2D eigenvalue weighted by atomic mass is 10.2. The molecule has 1 aliphatic rings. The molecule has 0 saturated carbocycles. The Kier molecular flexibility index (Phi) is 3.90. The van der Waals surface area contributed by atoms with Crippen molar-refractivity contribution in [2.75, 3.05) is 13.1 Å². The minimum absolute atomic E-state index is 0.00305. The van der Waals surface area contributed by atoms with E-state index in [-0.39, 0.29) is 23.9 Å². The van der Waals surface area contributed by atoms with Crippen molar-refractivity contribution in [3.63, 3.8) is 0 Å². The maximum atomic E-state index is 13.3. The number of benzene rings is 1. The van der Waals surface area contributed by atoms with Crippen LogP contribution in [-0.4, -0.2) is 36.1 Å². The van der Waals surface area contributed by atoms with Gasteiger partial charge in [-0.15, -0.1) is 11.3 Å². The molecule has 2 atom stereocenters. The van der Waals surface area contributed by atoms with Crippen LogP contribution in [0.25, 0.3) is 10.1 Å². The lowest BCUT2D eigenvalue weighted by molar-refractivity contribution is -0.0584. The van der Waals surface area contributed by atoms with Crippen LogP contribution >= 0.6 is 22.9 Å². The molecule has 0 spiro atoms. The van der Waals surface area contributed by atoms with Crippen LogP contribution in [0.5, 0.6) is 0 Å². The lowest BCUT2D eigenvalue weighted by Gasteiger charge is -2.35. The van der Waals surface area contributed by atoms with Crippen molar-refractivity contribution < 1.29 is 13.9 Å². The van der Waals surface area contributed by atoms with E-state index in [1.165, 1.54) is 23.5 Å². The molecule has 1 aliphatic heterocycles. The fraction of sp³-hybridized carbons (Fsp3) is 0.400. The van der Waals surface area contributed by atoms with Crippen molar-refractivity contribution in [3.8, 4) is 0 Å². The Balaban J connectivity index is 1.96. The number of nitrogens with zero attached hydrogens (tertiary/aromatic N) is 1. The molecule has 0 bridgehead atoms. The van der Waals surface area contributed by atoms with Crippen LogP contribution in [0.15, 0.2) is 18.2 Å². The van der Waals surface area contributed by atoms with Gasteiger partial charge in [0.2, 0.25) is 0 Å². The molecule has 3 nitrogen and oxygen atoms in total. The predicted octanol–water partition coefficient (Wildman–Crippen LogP) is 3.94. The summed E-state index contributed by atoms with van der Waals surface area (Å²) in [5, 5.41) is 1.13. The highest BCUT2D eigenvalue weighted by Crippen LogP contribution is 2.36. The first-order chi connectivity index (χ1) is 9.95. The minimum Gasteiger partial charge on any atom is -0.372 e. The molecule has 0 unspecified atom stereocenters. The number of fused-ring (bicyclic) bond motifs is 1. The van der Waals surface area contributed by atoms with Gasteiger partial charge in [0.25, 0.3) is 5.91 Å². The first-order valence-electron chi connectivity index (χ1n) is 6.78. The summed E-state index contributed by atoms with van der Waals surface area (Å²) in [5.41, 5.74) is 0. The van der Waals surface area contributed by atoms with E-state index in [4.69, 9.17) is 16.3 Å². The number of carbonyl (C=O) groups excluding carboxylic acids is 1. The van der Waals surface area contributed by atoms with Crippen LogP contribution < -0.4 is 0 Å². The first-order valence-corrected chi connectivity index (χ1v) is 7.97. The van der Waals surface area contributed by atoms with Gasteiger partial charge in [0, 0.05) is 23.2 Å². The second kappa shape index (κ2) is 5.55. The molecule has 112 valence electrons. The number of morpholine rings is 1. The van der Waals surface area contributed by atoms with Crippen LogP contribution in [-0.2, 0) is 4.74 Å². The second-order valence-corrected chi connectivity index (χ2v) is 6.78. The Hall–Kier alpha value is -1.17. The number of amides is 1. The topological polar surface area (TPSA) is 29.5 Å². The third kappa shape index (κ3) is 2.78. The molecule has 6 heteroatoms. The first kappa shape index (κ1) is 14.8. The van der Waals surface area contributed by atoms with Crippen molar-refractivity contribution in [1.82, 2.24) is 4.90 Å². The number of halogens is 2. The van der Waals surface area contributed by atoms with E-state index in [1.54, 1.807) is 11.0 Å². The quantitative estimate of drug-likeness (QED) is 0.794. The standard InChI is InChI=1S/C15H15ClFNO2S/c1-8-6-18(7-9(2)20-8)15(19)14-13(16)11-4-3-10(17)5-12(11)21-14/h3-5,8-9H,6-7H2,1-2H3/t8-,9-/m1/s1. The average Bonchev–Trinajstić information content (AvgIpc) is 2.73. The maximum absolute atomic E-state index is 13.3. The smallest absolute Gasteiger partial charge is 0.265 e. The third-order valence-electron chi connectivity index (χ3n) is 3.49. The van der Waals surface area contributed by atoms with Gasteiger partial charge in [-0.25, -0.2) is 4.39 Å². The zero-order valence-electron chi connectivity index (χ0n) is 11.7. The lowest BCUT2D eigenvalue weighted by Crippen LogP contribution is -2.48. The highest BCUT2D eigenvalue weighted by molar-refractivity contribution is 7.21. The zero-order chi connectivity index (χ0) is 15.1. The van der Waals surface area contributed by atoms with Gasteiger partial charge in [0.05, 0.1) is 17.2 Å². The number of hydrogen-bond acceptors (Lipinski definition) is 3. The van der Waals surface area contributed by atoms with Crippen LogP contribution in [0.3, 0.4) is 0 Å². The van der Waals surface area contributed by atoms with Gasteiger partial charge in [-0.2, -0.15) is 0 Å². The van der Waals surface area contributed by atoms with Crippen LogP contribution in [0.1, 0.15) is 23.5 Å².